The summed E-state index contributed by atoms with van der Waals surface area (Å²) in [5, 5.41) is 11.8. The quantitative estimate of drug-likeness (QED) is 0.737. The van der Waals surface area contributed by atoms with Crippen molar-refractivity contribution in [1.29, 1.82) is 0 Å². The number of aliphatic hydroxyl groups excluding tert-OH is 1. The third-order valence-electron chi connectivity index (χ3n) is 2.40. The summed E-state index contributed by atoms with van der Waals surface area (Å²) < 4.78 is 1.41. The minimum Gasteiger partial charge on any atom is -0.396 e. The Morgan fingerprint density at radius 1 is 1.53 bits per heavy atom. The molecule has 2 aromatic heterocycles. The number of nitrogens with zero attached hydrogens (tertiary/aromatic N) is 2. The molecule has 0 aliphatic carbocycles. The van der Waals surface area contributed by atoms with Crippen molar-refractivity contribution in [3.8, 4) is 0 Å². The molecule has 2 aromatic rings. The van der Waals surface area contributed by atoms with E-state index in [1.165, 1.54) is 4.52 Å². The highest BCUT2D eigenvalue weighted by molar-refractivity contribution is 5.41. The molecule has 0 radical (unpaired) electrons. The fraction of sp³-hybridized carbons (Fsp3) is 0.400. The van der Waals surface area contributed by atoms with Gasteiger partial charge >= 0.3 is 0 Å². The number of hydrogen-bond donors (Lipinski definition) is 2. The normalized spacial score (nSPS) is 11.1. The molecule has 0 spiro atoms. The highest BCUT2D eigenvalue weighted by Crippen LogP contribution is 2.05. The molecule has 0 fully saturated rings. The highest BCUT2D eigenvalue weighted by Gasteiger charge is 2.10. The summed E-state index contributed by atoms with van der Waals surface area (Å²) in [4.78, 5) is 16.2. The van der Waals surface area contributed by atoms with Crippen LogP contribution in [0.4, 0.5) is 0 Å². The van der Waals surface area contributed by atoms with Gasteiger partial charge in [-0.25, -0.2) is 9.50 Å². The Kier molecular flexibility index (Phi) is 2.32. The predicted octanol–water partition coefficient (Wildman–Crippen LogP) is 0.174. The number of hydrogen-bond acceptors (Lipinski definition) is 3. The van der Waals surface area contributed by atoms with Crippen LogP contribution in [0.1, 0.15) is 17.0 Å². The lowest BCUT2D eigenvalue weighted by molar-refractivity contribution is 0.298. The summed E-state index contributed by atoms with van der Waals surface area (Å²) in [5.74, 6) is 0. The van der Waals surface area contributed by atoms with Crippen molar-refractivity contribution in [2.45, 2.75) is 20.3 Å². The molecule has 15 heavy (non-hydrogen) atoms. The van der Waals surface area contributed by atoms with Crippen molar-refractivity contribution in [1.82, 2.24) is 14.6 Å². The van der Waals surface area contributed by atoms with Gasteiger partial charge in [0.2, 0.25) is 0 Å². The van der Waals surface area contributed by atoms with Crippen LogP contribution >= 0.6 is 0 Å². The van der Waals surface area contributed by atoms with Gasteiger partial charge in [-0.1, -0.05) is 0 Å². The average Bonchev–Trinajstić information content (AvgIpc) is 2.53. The Hall–Kier alpha value is -1.62. The maximum Gasteiger partial charge on any atom is 0.276 e. The van der Waals surface area contributed by atoms with Crippen LogP contribution in [0.3, 0.4) is 0 Å². The zero-order valence-corrected chi connectivity index (χ0v) is 8.74. The Morgan fingerprint density at radius 3 is 2.93 bits per heavy atom. The van der Waals surface area contributed by atoms with Crippen LogP contribution in [0.25, 0.3) is 5.65 Å². The Balaban J connectivity index is 2.77. The van der Waals surface area contributed by atoms with Crippen LogP contribution in [0.5, 0.6) is 0 Å². The number of nitrogens with one attached hydrogen (secondary N) is 1. The summed E-state index contributed by atoms with van der Waals surface area (Å²) >= 11 is 0. The van der Waals surface area contributed by atoms with Gasteiger partial charge in [-0.2, -0.15) is 0 Å². The van der Waals surface area contributed by atoms with Crippen molar-refractivity contribution in [3.63, 3.8) is 0 Å². The van der Waals surface area contributed by atoms with Crippen molar-refractivity contribution >= 4 is 5.65 Å². The standard InChI is InChI=1S/C10H13N3O2/c1-6-5-9-11-7(2)8(3-4-14)10(15)13(9)12-6/h5,12,14H,3-4H2,1-2H3. The van der Waals surface area contributed by atoms with Gasteiger partial charge in [-0.05, 0) is 13.8 Å². The Morgan fingerprint density at radius 2 is 2.27 bits per heavy atom. The van der Waals surface area contributed by atoms with E-state index < -0.39 is 0 Å². The van der Waals surface area contributed by atoms with Gasteiger partial charge in [-0.15, -0.1) is 0 Å². The summed E-state index contributed by atoms with van der Waals surface area (Å²) in [6.45, 7) is 3.62. The second kappa shape index (κ2) is 3.51. The zero-order valence-electron chi connectivity index (χ0n) is 8.74. The van der Waals surface area contributed by atoms with E-state index in [0.717, 1.165) is 5.69 Å². The van der Waals surface area contributed by atoms with E-state index in [1.54, 1.807) is 6.92 Å². The lowest BCUT2D eigenvalue weighted by Crippen LogP contribution is -2.22. The summed E-state index contributed by atoms with van der Waals surface area (Å²) in [5.41, 5.74) is 2.64. The molecule has 0 aromatic carbocycles. The fourth-order valence-electron chi connectivity index (χ4n) is 1.69. The van der Waals surface area contributed by atoms with Crippen LogP contribution in [0.15, 0.2) is 10.9 Å². The predicted molar refractivity (Wildman–Crippen MR) is 56.1 cm³/mol. The number of H-pyrrole nitrogens is 1. The summed E-state index contributed by atoms with van der Waals surface area (Å²) in [6.07, 6.45) is 0.346. The van der Waals surface area contributed by atoms with Crippen LogP contribution < -0.4 is 5.56 Å². The molecule has 5 heteroatoms. The van der Waals surface area contributed by atoms with Crippen LogP contribution in [-0.2, 0) is 6.42 Å². The van der Waals surface area contributed by atoms with Crippen LogP contribution in [0.2, 0.25) is 0 Å². The van der Waals surface area contributed by atoms with E-state index in [2.05, 4.69) is 10.1 Å². The first-order valence-corrected chi connectivity index (χ1v) is 4.82. The number of aliphatic hydroxyl groups is 1. The first kappa shape index (κ1) is 9.92. The monoisotopic (exact) mass is 207 g/mol. The maximum atomic E-state index is 11.9. The second-order valence-corrected chi connectivity index (χ2v) is 3.59. The minimum absolute atomic E-state index is 0.0382. The van der Waals surface area contributed by atoms with E-state index in [0.29, 0.717) is 23.3 Å². The topological polar surface area (TPSA) is 70.4 Å². The third kappa shape index (κ3) is 1.55. The number of aromatic amines is 1. The van der Waals surface area contributed by atoms with Crippen molar-refractivity contribution in [2.75, 3.05) is 6.61 Å². The van der Waals surface area contributed by atoms with Crippen LogP contribution in [0, 0.1) is 13.8 Å². The minimum atomic E-state index is -0.125. The molecule has 0 atom stereocenters. The van der Waals surface area contributed by atoms with Gasteiger partial charge < -0.3 is 5.11 Å². The number of fused-ring (bicyclic) bond motifs is 1. The second-order valence-electron chi connectivity index (χ2n) is 3.59. The van der Waals surface area contributed by atoms with Crippen molar-refractivity contribution in [2.24, 2.45) is 0 Å². The average molecular weight is 207 g/mol. The van der Waals surface area contributed by atoms with Crippen LogP contribution in [-0.4, -0.2) is 26.3 Å². The lowest BCUT2D eigenvalue weighted by Gasteiger charge is -2.02. The van der Waals surface area contributed by atoms with Gasteiger partial charge in [-0.3, -0.25) is 9.89 Å². The van der Waals surface area contributed by atoms with Gasteiger partial charge in [0.1, 0.15) is 0 Å². The molecule has 0 aliphatic rings. The molecule has 0 saturated carbocycles. The molecular formula is C10H13N3O2. The van der Waals surface area contributed by atoms with E-state index >= 15 is 0 Å². The lowest BCUT2D eigenvalue weighted by atomic mass is 10.2. The number of aromatic nitrogens is 3. The SMILES string of the molecule is Cc1cc2nc(C)c(CCO)c(=O)n2[nH]1. The zero-order chi connectivity index (χ0) is 11.0. The number of rotatable bonds is 2. The molecule has 80 valence electrons. The molecule has 0 bridgehead atoms. The van der Waals surface area contributed by atoms with E-state index in [-0.39, 0.29) is 12.2 Å². The van der Waals surface area contributed by atoms with E-state index in [9.17, 15) is 4.79 Å². The maximum absolute atomic E-state index is 11.9. The molecule has 2 heterocycles. The summed E-state index contributed by atoms with van der Waals surface area (Å²) in [7, 11) is 0. The Bertz CT molecular complexity index is 554. The number of aryl methyl sites for hydroxylation is 2. The molecule has 0 unspecified atom stereocenters. The molecule has 5 nitrogen and oxygen atoms in total. The molecular weight excluding hydrogens is 194 g/mol. The van der Waals surface area contributed by atoms with Gasteiger partial charge in [0.25, 0.3) is 5.56 Å². The molecule has 2 rings (SSSR count). The third-order valence-corrected chi connectivity index (χ3v) is 2.40. The van der Waals surface area contributed by atoms with Gasteiger partial charge in [0, 0.05) is 36.0 Å². The largest absolute Gasteiger partial charge is 0.396 e. The summed E-state index contributed by atoms with van der Waals surface area (Å²) in [6, 6.07) is 1.82. The Labute approximate surface area is 86.4 Å². The highest BCUT2D eigenvalue weighted by atomic mass is 16.3. The first-order valence-electron chi connectivity index (χ1n) is 4.82. The van der Waals surface area contributed by atoms with E-state index in [1.807, 2.05) is 13.0 Å². The van der Waals surface area contributed by atoms with Crippen molar-refractivity contribution in [3.05, 3.63) is 33.4 Å². The fourth-order valence-corrected chi connectivity index (χ4v) is 1.69. The smallest absolute Gasteiger partial charge is 0.276 e. The molecule has 0 aliphatic heterocycles. The molecule has 2 N–H and O–H groups in total. The van der Waals surface area contributed by atoms with E-state index in [4.69, 9.17) is 5.11 Å². The molecule has 0 amide bonds. The van der Waals surface area contributed by atoms with Gasteiger partial charge in [0.05, 0.1) is 0 Å². The molecule has 0 saturated heterocycles. The first-order chi connectivity index (χ1) is 7.13. The van der Waals surface area contributed by atoms with Crippen molar-refractivity contribution < 1.29 is 5.11 Å². The van der Waals surface area contributed by atoms with Gasteiger partial charge in [0.15, 0.2) is 5.65 Å².